The highest BCUT2D eigenvalue weighted by Crippen LogP contribution is 2.37. The summed E-state index contributed by atoms with van der Waals surface area (Å²) in [5.41, 5.74) is 5.32. The Hall–Kier alpha value is -2.30. The maximum absolute atomic E-state index is 8.87. The Morgan fingerprint density at radius 1 is 0.818 bits per heavy atom. The van der Waals surface area contributed by atoms with Gasteiger partial charge in [-0.15, -0.1) is 0 Å². The third-order valence-electron chi connectivity index (χ3n) is 6.44. The molecular formula is C29H40O4. The standard InChI is InChI=1S/C29H40O4/c1-23-22-27(14-17-29(23)33-21-7-3-5-19-31)26-10-8-24(9-11-26)25-12-15-28(16-13-25)32-20-6-2-4-18-30/h10,12-17,22,24,30-31H,2-9,11,18-21H2,1H3. The van der Waals surface area contributed by atoms with Gasteiger partial charge in [-0.05, 0) is 117 Å². The van der Waals surface area contributed by atoms with Crippen LogP contribution in [0.2, 0.25) is 0 Å². The van der Waals surface area contributed by atoms with Gasteiger partial charge in [0.2, 0.25) is 0 Å². The van der Waals surface area contributed by atoms with Crippen LogP contribution in [0.5, 0.6) is 11.5 Å². The third kappa shape index (κ3) is 8.21. The van der Waals surface area contributed by atoms with Crippen molar-refractivity contribution in [1.82, 2.24) is 0 Å². The summed E-state index contributed by atoms with van der Waals surface area (Å²) in [5.74, 6) is 2.46. The van der Waals surface area contributed by atoms with Gasteiger partial charge in [-0.2, -0.15) is 0 Å². The van der Waals surface area contributed by atoms with Crippen molar-refractivity contribution in [2.45, 2.75) is 70.6 Å². The molecule has 1 atom stereocenters. The minimum absolute atomic E-state index is 0.260. The molecule has 0 heterocycles. The molecule has 4 heteroatoms. The van der Waals surface area contributed by atoms with Crippen LogP contribution in [0.1, 0.15) is 80.4 Å². The number of rotatable bonds is 14. The summed E-state index contributed by atoms with van der Waals surface area (Å²) < 4.78 is 11.7. The molecular weight excluding hydrogens is 412 g/mol. The van der Waals surface area contributed by atoms with E-state index in [9.17, 15) is 0 Å². The van der Waals surface area contributed by atoms with E-state index in [2.05, 4.69) is 55.5 Å². The van der Waals surface area contributed by atoms with Crippen LogP contribution >= 0.6 is 0 Å². The summed E-state index contributed by atoms with van der Waals surface area (Å²) in [4.78, 5) is 0. The van der Waals surface area contributed by atoms with Crippen molar-refractivity contribution in [2.75, 3.05) is 26.4 Å². The fraction of sp³-hybridized carbons (Fsp3) is 0.517. The Morgan fingerprint density at radius 3 is 2.12 bits per heavy atom. The van der Waals surface area contributed by atoms with Gasteiger partial charge in [0.05, 0.1) is 13.2 Å². The molecule has 0 aromatic heterocycles. The normalized spacial score (nSPS) is 15.8. The molecule has 0 saturated carbocycles. The average molecular weight is 453 g/mol. The van der Waals surface area contributed by atoms with Gasteiger partial charge < -0.3 is 19.7 Å². The van der Waals surface area contributed by atoms with Gasteiger partial charge in [-0.1, -0.05) is 24.3 Å². The molecule has 0 spiro atoms. The molecule has 180 valence electrons. The lowest BCUT2D eigenvalue weighted by Gasteiger charge is -2.23. The zero-order valence-corrected chi connectivity index (χ0v) is 20.1. The van der Waals surface area contributed by atoms with E-state index in [0.29, 0.717) is 19.1 Å². The van der Waals surface area contributed by atoms with E-state index in [4.69, 9.17) is 19.7 Å². The van der Waals surface area contributed by atoms with E-state index < -0.39 is 0 Å². The summed E-state index contributed by atoms with van der Waals surface area (Å²) in [6.07, 6.45) is 11.4. The number of unbranched alkanes of at least 4 members (excludes halogenated alkanes) is 4. The first kappa shape index (κ1) is 25.3. The Morgan fingerprint density at radius 2 is 1.52 bits per heavy atom. The van der Waals surface area contributed by atoms with Crippen molar-refractivity contribution in [3.05, 3.63) is 65.2 Å². The second kappa shape index (κ2) is 14.1. The highest BCUT2D eigenvalue weighted by Gasteiger charge is 2.18. The fourth-order valence-corrected chi connectivity index (χ4v) is 4.40. The molecule has 0 fully saturated rings. The smallest absolute Gasteiger partial charge is 0.122 e. The van der Waals surface area contributed by atoms with Gasteiger partial charge in [0.25, 0.3) is 0 Å². The Bertz CT molecular complexity index is 856. The van der Waals surface area contributed by atoms with Crippen LogP contribution in [0.4, 0.5) is 0 Å². The van der Waals surface area contributed by atoms with Crippen LogP contribution in [0.25, 0.3) is 5.57 Å². The molecule has 3 rings (SSSR count). The zero-order chi connectivity index (χ0) is 23.3. The molecule has 0 amide bonds. The molecule has 0 radical (unpaired) electrons. The first-order valence-electron chi connectivity index (χ1n) is 12.6. The van der Waals surface area contributed by atoms with Crippen molar-refractivity contribution in [1.29, 1.82) is 0 Å². The minimum Gasteiger partial charge on any atom is -0.494 e. The lowest BCUT2D eigenvalue weighted by Crippen LogP contribution is -2.05. The number of aliphatic hydroxyl groups is 2. The molecule has 1 unspecified atom stereocenters. The number of hydrogen-bond acceptors (Lipinski definition) is 4. The van der Waals surface area contributed by atoms with Crippen LogP contribution in [0, 0.1) is 6.92 Å². The van der Waals surface area contributed by atoms with E-state index in [1.54, 1.807) is 0 Å². The molecule has 4 nitrogen and oxygen atoms in total. The highest BCUT2D eigenvalue weighted by atomic mass is 16.5. The Balaban J connectivity index is 1.48. The monoisotopic (exact) mass is 452 g/mol. The number of hydrogen-bond donors (Lipinski definition) is 2. The van der Waals surface area contributed by atoms with Crippen molar-refractivity contribution in [3.8, 4) is 11.5 Å². The van der Waals surface area contributed by atoms with Crippen molar-refractivity contribution in [3.63, 3.8) is 0 Å². The fourth-order valence-electron chi connectivity index (χ4n) is 4.40. The number of aryl methyl sites for hydroxylation is 1. The zero-order valence-electron chi connectivity index (χ0n) is 20.1. The van der Waals surface area contributed by atoms with Gasteiger partial charge in [0.1, 0.15) is 11.5 Å². The predicted octanol–water partition coefficient (Wildman–Crippen LogP) is 6.43. The average Bonchev–Trinajstić information content (AvgIpc) is 2.85. The number of allylic oxidation sites excluding steroid dienone is 2. The van der Waals surface area contributed by atoms with Crippen LogP contribution < -0.4 is 9.47 Å². The second-order valence-corrected chi connectivity index (χ2v) is 9.02. The van der Waals surface area contributed by atoms with Gasteiger partial charge in [0, 0.05) is 13.2 Å². The lowest BCUT2D eigenvalue weighted by molar-refractivity contribution is 0.265. The van der Waals surface area contributed by atoms with Crippen LogP contribution in [0.15, 0.2) is 48.5 Å². The molecule has 0 bridgehead atoms. The van der Waals surface area contributed by atoms with Crippen molar-refractivity contribution < 1.29 is 19.7 Å². The summed E-state index contributed by atoms with van der Waals surface area (Å²) >= 11 is 0. The number of benzene rings is 2. The number of ether oxygens (including phenoxy) is 2. The summed E-state index contributed by atoms with van der Waals surface area (Å²) in [6.45, 7) is 4.06. The van der Waals surface area contributed by atoms with Gasteiger partial charge in [-0.25, -0.2) is 0 Å². The van der Waals surface area contributed by atoms with E-state index in [1.807, 2.05) is 0 Å². The van der Waals surface area contributed by atoms with Crippen LogP contribution in [-0.4, -0.2) is 36.6 Å². The summed E-state index contributed by atoms with van der Waals surface area (Å²) in [6, 6.07) is 15.1. The molecule has 2 aromatic carbocycles. The van der Waals surface area contributed by atoms with E-state index in [-0.39, 0.29) is 13.2 Å². The first-order chi connectivity index (χ1) is 16.2. The summed E-state index contributed by atoms with van der Waals surface area (Å²) in [5, 5.41) is 17.7. The molecule has 0 aliphatic heterocycles. The molecule has 2 aromatic rings. The quantitative estimate of drug-likeness (QED) is 0.324. The minimum atomic E-state index is 0.260. The van der Waals surface area contributed by atoms with Gasteiger partial charge >= 0.3 is 0 Å². The Kier molecular flexibility index (Phi) is 10.8. The van der Waals surface area contributed by atoms with Gasteiger partial charge in [-0.3, -0.25) is 0 Å². The molecule has 1 aliphatic carbocycles. The Labute approximate surface area is 199 Å². The van der Waals surface area contributed by atoms with Crippen LogP contribution in [-0.2, 0) is 0 Å². The first-order valence-corrected chi connectivity index (χ1v) is 12.6. The van der Waals surface area contributed by atoms with E-state index in [0.717, 1.165) is 69.3 Å². The SMILES string of the molecule is Cc1cc(C2=CCC(c3ccc(OCCCCCO)cc3)CC2)ccc1OCCCCCO. The highest BCUT2D eigenvalue weighted by molar-refractivity contribution is 5.68. The maximum atomic E-state index is 8.87. The summed E-state index contributed by atoms with van der Waals surface area (Å²) in [7, 11) is 0. The molecule has 1 aliphatic rings. The van der Waals surface area contributed by atoms with Crippen LogP contribution in [0.3, 0.4) is 0 Å². The number of aliphatic hydroxyl groups excluding tert-OH is 2. The molecule has 33 heavy (non-hydrogen) atoms. The maximum Gasteiger partial charge on any atom is 0.122 e. The van der Waals surface area contributed by atoms with Gasteiger partial charge in [0.15, 0.2) is 0 Å². The molecule has 2 N–H and O–H groups in total. The topological polar surface area (TPSA) is 58.9 Å². The third-order valence-corrected chi connectivity index (χ3v) is 6.44. The van der Waals surface area contributed by atoms with E-state index >= 15 is 0 Å². The van der Waals surface area contributed by atoms with Crippen molar-refractivity contribution in [2.24, 2.45) is 0 Å². The lowest BCUT2D eigenvalue weighted by atomic mass is 9.82. The predicted molar refractivity (Wildman–Crippen MR) is 135 cm³/mol. The van der Waals surface area contributed by atoms with E-state index in [1.165, 1.54) is 22.3 Å². The largest absolute Gasteiger partial charge is 0.494 e. The second-order valence-electron chi connectivity index (χ2n) is 9.02. The molecule has 0 saturated heterocycles. The van der Waals surface area contributed by atoms with Crippen molar-refractivity contribution >= 4 is 5.57 Å².